The lowest BCUT2D eigenvalue weighted by molar-refractivity contribution is -0.130. The van der Waals surface area contributed by atoms with E-state index < -0.39 is 15.9 Å². The lowest BCUT2D eigenvalue weighted by Crippen LogP contribution is -2.32. The van der Waals surface area contributed by atoms with Crippen LogP contribution in [-0.4, -0.2) is 45.5 Å². The SMILES string of the molecule is CCS(=O)(=O)c1ccc(NC(=O)C(C)OCC2CCCCO2)cc1. The van der Waals surface area contributed by atoms with Gasteiger partial charge in [-0.3, -0.25) is 4.79 Å². The first-order valence-corrected chi connectivity index (χ1v) is 9.94. The summed E-state index contributed by atoms with van der Waals surface area (Å²) in [5, 5.41) is 2.73. The molecule has 1 aromatic carbocycles. The first kappa shape index (κ1) is 18.9. The molecule has 1 heterocycles. The number of sulfone groups is 1. The van der Waals surface area contributed by atoms with Gasteiger partial charge in [0.25, 0.3) is 5.91 Å². The maximum Gasteiger partial charge on any atom is 0.253 e. The Bertz CT molecular complexity index is 635. The van der Waals surface area contributed by atoms with Crippen LogP contribution in [0.4, 0.5) is 5.69 Å². The van der Waals surface area contributed by atoms with Gasteiger partial charge in [-0.2, -0.15) is 0 Å². The third-order valence-electron chi connectivity index (χ3n) is 4.04. The fourth-order valence-corrected chi connectivity index (χ4v) is 3.31. The summed E-state index contributed by atoms with van der Waals surface area (Å²) < 4.78 is 34.7. The van der Waals surface area contributed by atoms with Gasteiger partial charge in [-0.05, 0) is 50.5 Å². The molecular formula is C17H25NO5S. The fourth-order valence-electron chi connectivity index (χ4n) is 2.42. The van der Waals surface area contributed by atoms with Gasteiger partial charge in [0, 0.05) is 12.3 Å². The molecule has 0 aliphatic carbocycles. The van der Waals surface area contributed by atoms with Gasteiger partial charge in [-0.25, -0.2) is 8.42 Å². The highest BCUT2D eigenvalue weighted by Crippen LogP contribution is 2.16. The summed E-state index contributed by atoms with van der Waals surface area (Å²) in [6.07, 6.45) is 2.63. The average Bonchev–Trinajstić information content (AvgIpc) is 2.61. The summed E-state index contributed by atoms with van der Waals surface area (Å²) in [5.41, 5.74) is 0.541. The van der Waals surface area contributed by atoms with E-state index in [-0.39, 0.29) is 22.7 Å². The van der Waals surface area contributed by atoms with E-state index in [1.54, 1.807) is 26.0 Å². The summed E-state index contributed by atoms with van der Waals surface area (Å²) in [6, 6.07) is 6.15. The Balaban J connectivity index is 1.84. The fraction of sp³-hybridized carbons (Fsp3) is 0.588. The van der Waals surface area contributed by atoms with E-state index in [2.05, 4.69) is 5.32 Å². The number of hydrogen-bond acceptors (Lipinski definition) is 5. The molecule has 1 fully saturated rings. The van der Waals surface area contributed by atoms with E-state index in [0.717, 1.165) is 25.9 Å². The molecule has 24 heavy (non-hydrogen) atoms. The van der Waals surface area contributed by atoms with Crippen molar-refractivity contribution in [2.75, 3.05) is 24.3 Å². The van der Waals surface area contributed by atoms with Crippen LogP contribution in [0.3, 0.4) is 0 Å². The maximum absolute atomic E-state index is 12.1. The number of benzene rings is 1. The zero-order chi connectivity index (χ0) is 17.6. The van der Waals surface area contributed by atoms with Crippen LogP contribution in [0.2, 0.25) is 0 Å². The second-order valence-corrected chi connectivity index (χ2v) is 8.16. The molecule has 1 N–H and O–H groups in total. The summed E-state index contributed by atoms with van der Waals surface area (Å²) >= 11 is 0. The maximum atomic E-state index is 12.1. The molecular weight excluding hydrogens is 330 g/mol. The Morgan fingerprint density at radius 2 is 2.04 bits per heavy atom. The minimum atomic E-state index is -3.23. The molecule has 0 bridgehead atoms. The quantitative estimate of drug-likeness (QED) is 0.812. The Hall–Kier alpha value is -1.44. The summed E-state index contributed by atoms with van der Waals surface area (Å²) in [4.78, 5) is 12.4. The van der Waals surface area contributed by atoms with Gasteiger partial charge in [0.15, 0.2) is 9.84 Å². The van der Waals surface area contributed by atoms with E-state index in [1.165, 1.54) is 12.1 Å². The molecule has 6 nitrogen and oxygen atoms in total. The van der Waals surface area contributed by atoms with E-state index in [9.17, 15) is 13.2 Å². The number of rotatable bonds is 7. The highest BCUT2D eigenvalue weighted by molar-refractivity contribution is 7.91. The number of carbonyl (C=O) groups excluding carboxylic acids is 1. The van der Waals surface area contributed by atoms with Gasteiger partial charge in [0.2, 0.25) is 0 Å². The van der Waals surface area contributed by atoms with Crippen molar-refractivity contribution in [2.45, 2.75) is 50.2 Å². The molecule has 1 saturated heterocycles. The predicted octanol–water partition coefficient (Wildman–Crippen LogP) is 2.39. The molecule has 134 valence electrons. The van der Waals surface area contributed by atoms with Crippen LogP contribution in [0.15, 0.2) is 29.2 Å². The van der Waals surface area contributed by atoms with Crippen LogP contribution in [0.5, 0.6) is 0 Å². The first-order valence-electron chi connectivity index (χ1n) is 8.29. The number of hydrogen-bond donors (Lipinski definition) is 1. The number of ether oxygens (including phenoxy) is 2. The van der Waals surface area contributed by atoms with Crippen molar-refractivity contribution in [1.29, 1.82) is 0 Å². The zero-order valence-electron chi connectivity index (χ0n) is 14.2. The summed E-state index contributed by atoms with van der Waals surface area (Å²) in [5.74, 6) is -0.218. The minimum Gasteiger partial charge on any atom is -0.376 e. The number of nitrogens with one attached hydrogen (secondary N) is 1. The smallest absolute Gasteiger partial charge is 0.253 e. The Morgan fingerprint density at radius 1 is 1.33 bits per heavy atom. The molecule has 2 rings (SSSR count). The molecule has 1 aliphatic heterocycles. The number of amides is 1. The molecule has 2 atom stereocenters. The van der Waals surface area contributed by atoms with Crippen LogP contribution >= 0.6 is 0 Å². The molecule has 0 spiro atoms. The molecule has 0 saturated carbocycles. The van der Waals surface area contributed by atoms with E-state index in [1.807, 2.05) is 0 Å². The highest BCUT2D eigenvalue weighted by Gasteiger charge is 2.19. The zero-order valence-corrected chi connectivity index (χ0v) is 15.0. The van der Waals surface area contributed by atoms with Gasteiger partial charge in [-0.15, -0.1) is 0 Å². The molecule has 2 unspecified atom stereocenters. The standard InChI is InChI=1S/C17H25NO5S/c1-3-24(20,21)16-9-7-14(8-10-16)18-17(19)13(2)23-12-15-6-4-5-11-22-15/h7-10,13,15H,3-6,11-12H2,1-2H3,(H,18,19). The van der Waals surface area contributed by atoms with E-state index in [4.69, 9.17) is 9.47 Å². The highest BCUT2D eigenvalue weighted by atomic mass is 32.2. The van der Waals surface area contributed by atoms with E-state index >= 15 is 0 Å². The molecule has 1 amide bonds. The Morgan fingerprint density at radius 3 is 2.62 bits per heavy atom. The van der Waals surface area contributed by atoms with Crippen LogP contribution in [0.1, 0.15) is 33.1 Å². The summed E-state index contributed by atoms with van der Waals surface area (Å²) in [6.45, 7) is 4.44. The molecule has 7 heteroatoms. The van der Waals surface area contributed by atoms with Crippen LogP contribution in [0.25, 0.3) is 0 Å². The summed E-state index contributed by atoms with van der Waals surface area (Å²) in [7, 11) is -3.23. The third-order valence-corrected chi connectivity index (χ3v) is 5.79. The van der Waals surface area contributed by atoms with Gasteiger partial charge in [0.1, 0.15) is 6.10 Å². The van der Waals surface area contributed by atoms with Gasteiger partial charge in [0.05, 0.1) is 23.4 Å². The van der Waals surface area contributed by atoms with Crippen molar-refractivity contribution in [3.63, 3.8) is 0 Å². The van der Waals surface area contributed by atoms with Gasteiger partial charge in [-0.1, -0.05) is 6.92 Å². The van der Waals surface area contributed by atoms with Crippen LogP contribution in [-0.2, 0) is 24.1 Å². The largest absolute Gasteiger partial charge is 0.376 e. The molecule has 1 aliphatic rings. The normalized spacial score (nSPS) is 19.7. The average molecular weight is 355 g/mol. The third kappa shape index (κ3) is 5.29. The van der Waals surface area contributed by atoms with Crippen LogP contribution in [0, 0.1) is 0 Å². The van der Waals surface area contributed by atoms with Crippen molar-refractivity contribution in [3.8, 4) is 0 Å². The Kier molecular flexibility index (Phi) is 6.77. The van der Waals surface area contributed by atoms with Crippen molar-refractivity contribution < 1.29 is 22.7 Å². The number of carbonyl (C=O) groups is 1. The molecule has 0 aromatic heterocycles. The molecule has 1 aromatic rings. The van der Waals surface area contributed by atoms with Gasteiger partial charge >= 0.3 is 0 Å². The van der Waals surface area contributed by atoms with E-state index in [0.29, 0.717) is 12.3 Å². The number of anilines is 1. The second-order valence-electron chi connectivity index (χ2n) is 5.88. The van der Waals surface area contributed by atoms with Gasteiger partial charge < -0.3 is 14.8 Å². The Labute approximate surface area is 143 Å². The van der Waals surface area contributed by atoms with Crippen LogP contribution < -0.4 is 5.32 Å². The van der Waals surface area contributed by atoms with Crippen molar-refractivity contribution in [2.24, 2.45) is 0 Å². The predicted molar refractivity (Wildman–Crippen MR) is 91.8 cm³/mol. The lowest BCUT2D eigenvalue weighted by atomic mass is 10.1. The monoisotopic (exact) mass is 355 g/mol. The van der Waals surface area contributed by atoms with Crippen molar-refractivity contribution in [3.05, 3.63) is 24.3 Å². The first-order chi connectivity index (χ1) is 11.4. The second kappa shape index (κ2) is 8.60. The molecule has 0 radical (unpaired) electrons. The lowest BCUT2D eigenvalue weighted by Gasteiger charge is -2.23. The topological polar surface area (TPSA) is 81.7 Å². The van der Waals surface area contributed by atoms with Crippen molar-refractivity contribution >= 4 is 21.4 Å². The van der Waals surface area contributed by atoms with Crippen molar-refractivity contribution in [1.82, 2.24) is 0 Å². The minimum absolute atomic E-state index is 0.0484.